The van der Waals surface area contributed by atoms with Crippen molar-refractivity contribution in [3.8, 4) is 0 Å². The van der Waals surface area contributed by atoms with Crippen LogP contribution in [0.5, 0.6) is 0 Å². The number of hydrogen-bond donors (Lipinski definition) is 0. The summed E-state index contributed by atoms with van der Waals surface area (Å²) in [4.78, 5) is 0. The van der Waals surface area contributed by atoms with Crippen LogP contribution in [-0.2, 0) is 9.47 Å². The molecule has 0 bridgehead atoms. The molecule has 0 spiro atoms. The molecule has 250 valence electrons. The Labute approximate surface area is 270 Å². The van der Waals surface area contributed by atoms with Gasteiger partial charge in [0.25, 0.3) is 0 Å². The van der Waals surface area contributed by atoms with Crippen LogP contribution in [-0.4, -0.2) is 25.4 Å². The van der Waals surface area contributed by atoms with Gasteiger partial charge in [-0.2, -0.15) is 0 Å². The lowest BCUT2D eigenvalue weighted by Gasteiger charge is -2.06. The molecule has 0 amide bonds. The van der Waals surface area contributed by atoms with Crippen LogP contribution in [0, 0.1) is 5.92 Å². The number of ether oxygens (including phenoxy) is 2. The van der Waals surface area contributed by atoms with Crippen LogP contribution < -0.4 is 0 Å². The van der Waals surface area contributed by atoms with Crippen LogP contribution in [0.4, 0.5) is 0 Å². The van der Waals surface area contributed by atoms with E-state index in [-0.39, 0.29) is 0 Å². The van der Waals surface area contributed by atoms with Crippen LogP contribution in [0.2, 0.25) is 0 Å². The number of unbranched alkanes of at least 4 members (excludes halogenated alkanes) is 18. The number of allylic oxidation sites excluding steroid dienone is 8. The Kier molecular flexibility index (Phi) is 30.0. The first-order chi connectivity index (χ1) is 21.3. The quantitative estimate of drug-likeness (QED) is 0.0552. The summed E-state index contributed by atoms with van der Waals surface area (Å²) in [5.74, 6) is 0.634. The minimum Gasteiger partial charge on any atom is -0.375 e. The smallest absolute Gasteiger partial charge is 0.0894 e. The van der Waals surface area contributed by atoms with Gasteiger partial charge in [-0.25, -0.2) is 0 Å². The highest BCUT2D eigenvalue weighted by molar-refractivity contribution is 5.00. The Bertz CT molecular complexity index is 619. The van der Waals surface area contributed by atoms with Crippen molar-refractivity contribution < 1.29 is 9.47 Å². The molecule has 0 heterocycles. The Morgan fingerprint density at radius 2 is 0.698 bits per heavy atom. The summed E-state index contributed by atoms with van der Waals surface area (Å²) in [5.41, 5.74) is 0. The maximum atomic E-state index is 6.22. The Morgan fingerprint density at radius 3 is 1.05 bits per heavy atom. The van der Waals surface area contributed by atoms with Crippen molar-refractivity contribution in [1.82, 2.24) is 0 Å². The molecule has 43 heavy (non-hydrogen) atoms. The van der Waals surface area contributed by atoms with Crippen LogP contribution in [0.25, 0.3) is 0 Å². The molecule has 1 aliphatic rings. The van der Waals surface area contributed by atoms with Gasteiger partial charge in [0.2, 0.25) is 0 Å². The molecule has 0 aromatic heterocycles. The van der Waals surface area contributed by atoms with Crippen molar-refractivity contribution in [2.24, 2.45) is 5.92 Å². The minimum absolute atomic E-state index is 0.368. The zero-order chi connectivity index (χ0) is 30.9. The number of hydrogen-bond acceptors (Lipinski definition) is 2. The summed E-state index contributed by atoms with van der Waals surface area (Å²) in [6, 6.07) is 0. The van der Waals surface area contributed by atoms with Gasteiger partial charge in [-0.05, 0) is 83.5 Å². The average Bonchev–Trinajstić information content (AvgIpc) is 3.71. The third-order valence-corrected chi connectivity index (χ3v) is 8.81. The van der Waals surface area contributed by atoms with Crippen molar-refractivity contribution >= 4 is 0 Å². The van der Waals surface area contributed by atoms with Crippen molar-refractivity contribution in [1.29, 1.82) is 0 Å². The number of rotatable bonds is 33. The summed E-state index contributed by atoms with van der Waals surface area (Å²) in [6.07, 6.45) is 51.8. The van der Waals surface area contributed by atoms with Crippen LogP contribution in [0.15, 0.2) is 48.6 Å². The SMILES string of the molecule is CCCCC/C=C\C/C=C\CCCCCCCCO[C@@H]1[C@H](CC)[C@@H]1OCCCCCCCC/C=C\C/C=C\CCCCC. The van der Waals surface area contributed by atoms with Crippen LogP contribution >= 0.6 is 0 Å². The zero-order valence-electron chi connectivity index (χ0n) is 29.3. The Morgan fingerprint density at radius 1 is 0.372 bits per heavy atom. The van der Waals surface area contributed by atoms with Gasteiger partial charge in [0.1, 0.15) is 0 Å². The third kappa shape index (κ3) is 25.9. The maximum absolute atomic E-state index is 6.22. The molecule has 3 atom stereocenters. The van der Waals surface area contributed by atoms with Gasteiger partial charge in [0.15, 0.2) is 0 Å². The second-order valence-electron chi connectivity index (χ2n) is 12.9. The van der Waals surface area contributed by atoms with E-state index < -0.39 is 0 Å². The lowest BCUT2D eigenvalue weighted by Crippen LogP contribution is -2.06. The third-order valence-electron chi connectivity index (χ3n) is 8.81. The maximum Gasteiger partial charge on any atom is 0.0894 e. The average molecular weight is 599 g/mol. The molecule has 0 aromatic rings. The molecule has 0 aliphatic heterocycles. The Hall–Kier alpha value is -1.12. The van der Waals surface area contributed by atoms with E-state index in [4.69, 9.17) is 9.47 Å². The van der Waals surface area contributed by atoms with Crippen molar-refractivity contribution in [3.05, 3.63) is 48.6 Å². The summed E-state index contributed by atoms with van der Waals surface area (Å²) in [5, 5.41) is 0. The molecular weight excluding hydrogens is 524 g/mol. The normalized spacial score (nSPS) is 18.8. The fourth-order valence-electron chi connectivity index (χ4n) is 5.83. The van der Waals surface area contributed by atoms with Crippen molar-refractivity contribution in [2.75, 3.05) is 13.2 Å². The topological polar surface area (TPSA) is 18.5 Å². The molecule has 0 aromatic carbocycles. The highest BCUT2D eigenvalue weighted by Crippen LogP contribution is 2.40. The van der Waals surface area contributed by atoms with E-state index in [2.05, 4.69) is 69.4 Å². The second kappa shape index (κ2) is 32.3. The van der Waals surface area contributed by atoms with Crippen LogP contribution in [0.3, 0.4) is 0 Å². The van der Waals surface area contributed by atoms with E-state index in [1.165, 1.54) is 148 Å². The van der Waals surface area contributed by atoms with E-state index in [0.717, 1.165) is 26.1 Å². The van der Waals surface area contributed by atoms with E-state index in [0.29, 0.717) is 18.1 Å². The lowest BCUT2D eigenvalue weighted by molar-refractivity contribution is 0.0401. The summed E-state index contributed by atoms with van der Waals surface area (Å²) < 4.78 is 12.4. The van der Waals surface area contributed by atoms with Gasteiger partial charge in [-0.15, -0.1) is 0 Å². The highest BCUT2D eigenvalue weighted by Gasteiger charge is 2.51. The zero-order valence-corrected chi connectivity index (χ0v) is 29.3. The molecule has 0 unspecified atom stereocenters. The molecule has 1 aliphatic carbocycles. The molecular formula is C41H74O2. The summed E-state index contributed by atoms with van der Waals surface area (Å²) in [6.45, 7) is 8.65. The largest absolute Gasteiger partial charge is 0.375 e. The highest BCUT2D eigenvalue weighted by atomic mass is 16.6. The monoisotopic (exact) mass is 599 g/mol. The lowest BCUT2D eigenvalue weighted by atomic mass is 10.1. The van der Waals surface area contributed by atoms with E-state index in [1.807, 2.05) is 0 Å². The van der Waals surface area contributed by atoms with Gasteiger partial charge >= 0.3 is 0 Å². The summed E-state index contributed by atoms with van der Waals surface area (Å²) in [7, 11) is 0. The van der Waals surface area contributed by atoms with Gasteiger partial charge in [-0.3, -0.25) is 0 Å². The van der Waals surface area contributed by atoms with Crippen molar-refractivity contribution in [2.45, 2.75) is 193 Å². The molecule has 0 saturated heterocycles. The first-order valence-electron chi connectivity index (χ1n) is 19.2. The fourth-order valence-corrected chi connectivity index (χ4v) is 5.83. The molecule has 2 nitrogen and oxygen atoms in total. The van der Waals surface area contributed by atoms with E-state index in [1.54, 1.807) is 0 Å². The molecule has 1 rings (SSSR count). The van der Waals surface area contributed by atoms with E-state index >= 15 is 0 Å². The predicted octanol–water partition coefficient (Wildman–Crippen LogP) is 13.4. The first kappa shape index (κ1) is 39.9. The molecule has 1 fully saturated rings. The van der Waals surface area contributed by atoms with Gasteiger partial charge < -0.3 is 9.47 Å². The van der Waals surface area contributed by atoms with Gasteiger partial charge in [0.05, 0.1) is 12.2 Å². The van der Waals surface area contributed by atoms with E-state index in [9.17, 15) is 0 Å². The standard InChI is InChI=1S/C41H74O2/c1-4-7-9-11-13-15-17-19-21-23-25-27-29-31-33-35-37-42-40-39(6-3)41(40)43-38-36-34-32-30-28-26-24-22-20-18-16-14-12-10-8-5-2/h13-16,19-22,39-41H,4-12,17-18,23-38H2,1-3H3/b15-13-,16-14-,21-19-,22-20-/t39-,40+,41-. The molecule has 0 N–H and O–H groups in total. The first-order valence-corrected chi connectivity index (χ1v) is 19.2. The summed E-state index contributed by atoms with van der Waals surface area (Å²) >= 11 is 0. The van der Waals surface area contributed by atoms with Crippen LogP contribution in [0.1, 0.15) is 181 Å². The van der Waals surface area contributed by atoms with Gasteiger partial charge in [0, 0.05) is 19.1 Å². The van der Waals surface area contributed by atoms with Gasteiger partial charge in [-0.1, -0.05) is 146 Å². The molecule has 1 saturated carbocycles. The predicted molar refractivity (Wildman–Crippen MR) is 192 cm³/mol. The Balaban J connectivity index is 1.84. The fraction of sp³-hybridized carbons (Fsp3) is 0.805. The second-order valence-corrected chi connectivity index (χ2v) is 12.9. The molecule has 2 heteroatoms. The molecule has 0 radical (unpaired) electrons. The minimum atomic E-state index is 0.368. The van der Waals surface area contributed by atoms with Crippen molar-refractivity contribution in [3.63, 3.8) is 0 Å².